The molecule has 124 valence electrons. The molecular formula is C19H15ClN4O. The van der Waals surface area contributed by atoms with Crippen LogP contribution in [0.25, 0.3) is 5.82 Å². The van der Waals surface area contributed by atoms with Gasteiger partial charge in [0.05, 0.1) is 17.8 Å². The first kappa shape index (κ1) is 15.7. The van der Waals surface area contributed by atoms with Gasteiger partial charge in [0.15, 0.2) is 5.82 Å². The van der Waals surface area contributed by atoms with Crippen LogP contribution < -0.4 is 4.74 Å². The lowest BCUT2D eigenvalue weighted by Gasteiger charge is -2.10. The molecule has 0 atom stereocenters. The van der Waals surface area contributed by atoms with Crippen LogP contribution in [0, 0.1) is 11.3 Å². The number of nitriles is 1. The maximum atomic E-state index is 9.02. The van der Waals surface area contributed by atoms with E-state index < -0.39 is 0 Å². The first-order valence-electron chi connectivity index (χ1n) is 8.06. The SMILES string of the molecule is N#Cc1ccnc(-n2nccc2OCc2ccc(C3CC3)c(Cl)c2)c1. The molecule has 1 aliphatic rings. The van der Waals surface area contributed by atoms with Crippen LogP contribution in [0.15, 0.2) is 48.8 Å². The van der Waals surface area contributed by atoms with Crippen molar-refractivity contribution in [2.75, 3.05) is 0 Å². The van der Waals surface area contributed by atoms with E-state index in [4.69, 9.17) is 21.6 Å². The summed E-state index contributed by atoms with van der Waals surface area (Å²) in [7, 11) is 0. The molecule has 0 spiro atoms. The van der Waals surface area contributed by atoms with Crippen molar-refractivity contribution in [1.82, 2.24) is 14.8 Å². The molecule has 1 aliphatic carbocycles. The number of halogens is 1. The zero-order valence-corrected chi connectivity index (χ0v) is 14.1. The van der Waals surface area contributed by atoms with Crippen LogP contribution in [0.2, 0.25) is 5.02 Å². The van der Waals surface area contributed by atoms with E-state index in [9.17, 15) is 0 Å². The topological polar surface area (TPSA) is 63.7 Å². The fraction of sp³-hybridized carbons (Fsp3) is 0.211. The van der Waals surface area contributed by atoms with Gasteiger partial charge in [-0.05, 0) is 42.0 Å². The van der Waals surface area contributed by atoms with Gasteiger partial charge in [0.2, 0.25) is 5.88 Å². The van der Waals surface area contributed by atoms with Gasteiger partial charge in [-0.2, -0.15) is 15.0 Å². The Hall–Kier alpha value is -2.84. The highest BCUT2D eigenvalue weighted by Gasteiger charge is 2.25. The van der Waals surface area contributed by atoms with Crippen molar-refractivity contribution < 1.29 is 4.74 Å². The van der Waals surface area contributed by atoms with Gasteiger partial charge in [-0.25, -0.2) is 4.98 Å². The molecule has 6 heteroatoms. The van der Waals surface area contributed by atoms with Crippen LogP contribution in [0.5, 0.6) is 5.88 Å². The van der Waals surface area contributed by atoms with Crippen LogP contribution in [-0.4, -0.2) is 14.8 Å². The number of hydrogen-bond acceptors (Lipinski definition) is 4. The van der Waals surface area contributed by atoms with Crippen LogP contribution >= 0.6 is 11.6 Å². The Kier molecular flexibility index (Phi) is 4.12. The van der Waals surface area contributed by atoms with Gasteiger partial charge in [0.25, 0.3) is 0 Å². The molecule has 0 saturated heterocycles. The standard InChI is InChI=1S/C19H15ClN4O/c20-17-9-14(1-4-16(17)15-2-3-15)12-25-19-6-8-23-24(19)18-10-13(11-21)5-7-22-18/h1,4-10,15H,2-3,12H2. The molecule has 5 nitrogen and oxygen atoms in total. The molecule has 1 saturated carbocycles. The molecule has 2 heterocycles. The van der Waals surface area contributed by atoms with Gasteiger partial charge in [0.1, 0.15) is 6.61 Å². The minimum atomic E-state index is 0.383. The first-order valence-corrected chi connectivity index (χ1v) is 8.44. The van der Waals surface area contributed by atoms with Crippen molar-refractivity contribution in [2.45, 2.75) is 25.4 Å². The van der Waals surface area contributed by atoms with E-state index in [1.807, 2.05) is 6.07 Å². The third-order valence-corrected chi connectivity index (χ3v) is 4.50. The quantitative estimate of drug-likeness (QED) is 0.690. The Morgan fingerprint density at radius 3 is 2.84 bits per heavy atom. The van der Waals surface area contributed by atoms with Gasteiger partial charge in [-0.3, -0.25) is 0 Å². The lowest BCUT2D eigenvalue weighted by atomic mass is 10.1. The predicted molar refractivity (Wildman–Crippen MR) is 93.8 cm³/mol. The molecule has 0 unspecified atom stereocenters. The number of aromatic nitrogens is 3. The van der Waals surface area contributed by atoms with Gasteiger partial charge < -0.3 is 4.74 Å². The number of pyridine rings is 1. The number of benzene rings is 1. The maximum absolute atomic E-state index is 9.02. The zero-order chi connectivity index (χ0) is 17.2. The second kappa shape index (κ2) is 6.58. The van der Waals surface area contributed by atoms with E-state index in [0.717, 1.165) is 10.6 Å². The summed E-state index contributed by atoms with van der Waals surface area (Å²) in [4.78, 5) is 4.25. The Balaban J connectivity index is 1.51. The van der Waals surface area contributed by atoms with Crippen molar-refractivity contribution in [3.05, 3.63) is 70.5 Å². The van der Waals surface area contributed by atoms with Crippen LogP contribution in [0.3, 0.4) is 0 Å². The summed E-state index contributed by atoms with van der Waals surface area (Å²) in [6, 6.07) is 13.3. The molecule has 25 heavy (non-hydrogen) atoms. The Bertz CT molecular complexity index is 956. The van der Waals surface area contributed by atoms with Crippen molar-refractivity contribution in [3.63, 3.8) is 0 Å². The molecule has 0 amide bonds. The minimum absolute atomic E-state index is 0.383. The van der Waals surface area contributed by atoms with Gasteiger partial charge >= 0.3 is 0 Å². The molecule has 4 rings (SSSR count). The summed E-state index contributed by atoms with van der Waals surface area (Å²) in [5.41, 5.74) is 2.75. The fourth-order valence-corrected chi connectivity index (χ4v) is 3.08. The van der Waals surface area contributed by atoms with E-state index >= 15 is 0 Å². The van der Waals surface area contributed by atoms with E-state index in [1.165, 1.54) is 18.4 Å². The number of hydrogen-bond donors (Lipinski definition) is 0. The van der Waals surface area contributed by atoms with Crippen LogP contribution in [0.1, 0.15) is 35.4 Å². The van der Waals surface area contributed by atoms with Gasteiger partial charge in [-0.15, -0.1) is 0 Å². The summed E-state index contributed by atoms with van der Waals surface area (Å²) in [6.07, 6.45) is 5.67. The smallest absolute Gasteiger partial charge is 0.218 e. The molecular weight excluding hydrogens is 336 g/mol. The highest BCUT2D eigenvalue weighted by molar-refractivity contribution is 6.31. The fourth-order valence-electron chi connectivity index (χ4n) is 2.72. The number of nitrogens with zero attached hydrogens (tertiary/aromatic N) is 4. The molecule has 0 bridgehead atoms. The lowest BCUT2D eigenvalue weighted by Crippen LogP contribution is -2.05. The average Bonchev–Trinajstić information content (AvgIpc) is 3.37. The van der Waals surface area contributed by atoms with Crippen LogP contribution in [0.4, 0.5) is 0 Å². The zero-order valence-electron chi connectivity index (χ0n) is 13.4. The second-order valence-corrected chi connectivity index (χ2v) is 6.42. The average molecular weight is 351 g/mol. The van der Waals surface area contributed by atoms with E-state index in [2.05, 4.69) is 28.3 Å². The summed E-state index contributed by atoms with van der Waals surface area (Å²) in [5, 5.41) is 14.1. The van der Waals surface area contributed by atoms with E-state index in [0.29, 0.717) is 29.8 Å². The maximum Gasteiger partial charge on any atom is 0.218 e. The second-order valence-electron chi connectivity index (χ2n) is 6.01. The summed E-state index contributed by atoms with van der Waals surface area (Å²) in [5.74, 6) is 1.73. The largest absolute Gasteiger partial charge is 0.473 e. The van der Waals surface area contributed by atoms with Crippen molar-refractivity contribution >= 4 is 11.6 Å². The van der Waals surface area contributed by atoms with Crippen molar-refractivity contribution in [2.24, 2.45) is 0 Å². The van der Waals surface area contributed by atoms with E-state index in [1.54, 1.807) is 35.3 Å². The normalized spacial score (nSPS) is 13.4. The number of ether oxygens (including phenoxy) is 1. The molecule has 2 aromatic heterocycles. The summed E-state index contributed by atoms with van der Waals surface area (Å²) >= 11 is 6.37. The summed E-state index contributed by atoms with van der Waals surface area (Å²) in [6.45, 7) is 0.383. The predicted octanol–water partition coefficient (Wildman–Crippen LogP) is 4.25. The monoisotopic (exact) mass is 350 g/mol. The van der Waals surface area contributed by atoms with Gasteiger partial charge in [-0.1, -0.05) is 23.7 Å². The third-order valence-electron chi connectivity index (χ3n) is 4.17. The Morgan fingerprint density at radius 2 is 2.08 bits per heavy atom. The molecule has 1 fully saturated rings. The Labute approximate surface area is 150 Å². The van der Waals surface area contributed by atoms with Gasteiger partial charge in [0, 0.05) is 23.4 Å². The molecule has 1 aromatic carbocycles. The van der Waals surface area contributed by atoms with Crippen molar-refractivity contribution in [3.8, 4) is 17.8 Å². The van der Waals surface area contributed by atoms with Crippen molar-refractivity contribution in [1.29, 1.82) is 5.26 Å². The molecule has 3 aromatic rings. The highest BCUT2D eigenvalue weighted by atomic mass is 35.5. The van der Waals surface area contributed by atoms with Crippen LogP contribution in [-0.2, 0) is 6.61 Å². The third kappa shape index (κ3) is 3.35. The first-order chi connectivity index (χ1) is 12.2. The molecule has 0 N–H and O–H groups in total. The molecule has 0 aliphatic heterocycles. The highest BCUT2D eigenvalue weighted by Crippen LogP contribution is 2.43. The van der Waals surface area contributed by atoms with E-state index in [-0.39, 0.29) is 0 Å². The number of rotatable bonds is 5. The molecule has 0 radical (unpaired) electrons. The minimum Gasteiger partial charge on any atom is -0.473 e. The Morgan fingerprint density at radius 1 is 1.20 bits per heavy atom. The lowest BCUT2D eigenvalue weighted by molar-refractivity contribution is 0.284. The summed E-state index contributed by atoms with van der Waals surface area (Å²) < 4.78 is 7.45.